The van der Waals surface area contributed by atoms with Gasteiger partial charge in [0, 0.05) is 26.2 Å². The summed E-state index contributed by atoms with van der Waals surface area (Å²) < 4.78 is 1.56. The Morgan fingerprint density at radius 2 is 2.24 bits per heavy atom. The number of hydrogen-bond acceptors (Lipinski definition) is 5. The van der Waals surface area contributed by atoms with Crippen molar-refractivity contribution in [2.45, 2.75) is 39.7 Å². The monoisotopic (exact) mass is 295 g/mol. The molecule has 0 spiro atoms. The van der Waals surface area contributed by atoms with Crippen LogP contribution in [0, 0.1) is 23.0 Å². The fourth-order valence-electron chi connectivity index (χ4n) is 3.11. The molecule has 1 aliphatic rings. The Bertz CT molecular complexity index is 512. The van der Waals surface area contributed by atoms with E-state index in [1.807, 2.05) is 0 Å². The highest BCUT2D eigenvalue weighted by Gasteiger charge is 2.28. The number of hydrogen-bond donors (Lipinski definition) is 1. The highest BCUT2D eigenvalue weighted by molar-refractivity contribution is 5.59. The topological polar surface area (TPSA) is 76.2 Å². The molecule has 0 amide bonds. The lowest BCUT2D eigenvalue weighted by Crippen LogP contribution is -2.37. The fraction of sp³-hybridized carbons (Fsp3) is 0.786. The maximum atomic E-state index is 11.2. The molecule has 0 bridgehead atoms. The summed E-state index contributed by atoms with van der Waals surface area (Å²) in [7, 11) is 1.74. The van der Waals surface area contributed by atoms with E-state index in [1.54, 1.807) is 18.7 Å². The van der Waals surface area contributed by atoms with E-state index >= 15 is 0 Å². The van der Waals surface area contributed by atoms with Crippen molar-refractivity contribution in [1.29, 1.82) is 0 Å². The second-order valence-electron chi connectivity index (χ2n) is 6.23. The van der Waals surface area contributed by atoms with Crippen LogP contribution in [-0.2, 0) is 7.05 Å². The zero-order valence-electron chi connectivity index (χ0n) is 13.3. The van der Waals surface area contributed by atoms with E-state index in [2.05, 4.69) is 29.2 Å². The lowest BCUT2D eigenvalue weighted by molar-refractivity contribution is -0.384. The molecule has 1 aromatic heterocycles. The van der Waals surface area contributed by atoms with Crippen molar-refractivity contribution in [3.05, 3.63) is 15.8 Å². The van der Waals surface area contributed by atoms with Crippen LogP contribution in [0.15, 0.2) is 0 Å². The Balaban J connectivity index is 2.04. The van der Waals surface area contributed by atoms with Gasteiger partial charge in [-0.15, -0.1) is 0 Å². The molecule has 21 heavy (non-hydrogen) atoms. The van der Waals surface area contributed by atoms with E-state index in [1.165, 1.54) is 6.42 Å². The normalized spacial score (nSPS) is 19.4. The van der Waals surface area contributed by atoms with Crippen molar-refractivity contribution in [2.24, 2.45) is 13.0 Å². The Morgan fingerprint density at radius 3 is 2.86 bits per heavy atom. The predicted octanol–water partition coefficient (Wildman–Crippen LogP) is 2.17. The van der Waals surface area contributed by atoms with E-state index in [9.17, 15) is 10.1 Å². The summed E-state index contributed by atoms with van der Waals surface area (Å²) in [5.41, 5.74) is 0.543. The molecule has 1 aromatic rings. The molecule has 1 saturated heterocycles. The van der Waals surface area contributed by atoms with E-state index in [-0.39, 0.29) is 10.6 Å². The van der Waals surface area contributed by atoms with E-state index < -0.39 is 0 Å². The minimum absolute atomic E-state index is 0.0888. The molecule has 118 valence electrons. The van der Waals surface area contributed by atoms with Gasteiger partial charge in [-0.1, -0.05) is 13.8 Å². The lowest BCUT2D eigenvalue weighted by atomic mass is 10.1. The number of likely N-dealkylation sites (tertiary alicyclic amines) is 1. The van der Waals surface area contributed by atoms with Crippen molar-refractivity contribution >= 4 is 11.5 Å². The van der Waals surface area contributed by atoms with Gasteiger partial charge in [-0.25, -0.2) is 4.68 Å². The Hall–Kier alpha value is -1.63. The van der Waals surface area contributed by atoms with Gasteiger partial charge in [0.2, 0.25) is 5.82 Å². The first-order chi connectivity index (χ1) is 9.90. The molecule has 2 rings (SSSR count). The Kier molecular flexibility index (Phi) is 4.82. The van der Waals surface area contributed by atoms with Crippen LogP contribution >= 0.6 is 0 Å². The van der Waals surface area contributed by atoms with Gasteiger partial charge in [-0.3, -0.25) is 15.0 Å². The second-order valence-corrected chi connectivity index (χ2v) is 6.23. The van der Waals surface area contributed by atoms with Crippen molar-refractivity contribution in [3.63, 3.8) is 0 Å². The maximum Gasteiger partial charge on any atom is 0.333 e. The number of anilines is 1. The summed E-state index contributed by atoms with van der Waals surface area (Å²) in [5.74, 6) is 1.15. The summed E-state index contributed by atoms with van der Waals surface area (Å²) in [4.78, 5) is 13.3. The molecular weight excluding hydrogens is 270 g/mol. The number of nitro groups is 1. The molecule has 0 radical (unpaired) electrons. The number of aryl methyl sites for hydroxylation is 2. The zero-order chi connectivity index (χ0) is 15.6. The highest BCUT2D eigenvalue weighted by Crippen LogP contribution is 2.28. The largest absolute Gasteiger partial charge is 0.363 e. The molecule has 7 heteroatoms. The smallest absolute Gasteiger partial charge is 0.333 e. The van der Waals surface area contributed by atoms with Crippen molar-refractivity contribution in [2.75, 3.05) is 25.0 Å². The zero-order valence-corrected chi connectivity index (χ0v) is 13.3. The van der Waals surface area contributed by atoms with Crippen LogP contribution in [0.1, 0.15) is 32.4 Å². The second kappa shape index (κ2) is 6.43. The summed E-state index contributed by atoms with van der Waals surface area (Å²) in [6.45, 7) is 9.04. The standard InChI is InChI=1S/C14H25N5O2/c1-10(2)9-18-7-5-6-12(18)8-15-14-13(19(20)21)11(3)16-17(14)4/h10,12,15H,5-9H2,1-4H3/t12-/m0/s1. The SMILES string of the molecule is Cc1nn(C)c(NC[C@@H]2CCCN2CC(C)C)c1[N+](=O)[O-]. The molecule has 1 aliphatic heterocycles. The third kappa shape index (κ3) is 3.53. The van der Waals surface area contributed by atoms with E-state index in [4.69, 9.17) is 0 Å². The van der Waals surface area contributed by atoms with Crippen LogP contribution < -0.4 is 5.32 Å². The maximum absolute atomic E-state index is 11.2. The van der Waals surface area contributed by atoms with Crippen LogP contribution in [-0.4, -0.2) is 45.3 Å². The van der Waals surface area contributed by atoms with E-state index in [0.29, 0.717) is 23.5 Å². The summed E-state index contributed by atoms with van der Waals surface area (Å²) in [6.07, 6.45) is 2.34. The van der Waals surface area contributed by atoms with Gasteiger partial charge in [-0.2, -0.15) is 5.10 Å². The summed E-state index contributed by atoms with van der Waals surface area (Å²) in [5, 5.41) is 18.6. The van der Waals surface area contributed by atoms with Crippen molar-refractivity contribution < 1.29 is 4.92 Å². The van der Waals surface area contributed by atoms with E-state index in [0.717, 1.165) is 26.1 Å². The highest BCUT2D eigenvalue weighted by atomic mass is 16.6. The van der Waals surface area contributed by atoms with Gasteiger partial charge in [0.25, 0.3) is 0 Å². The fourth-order valence-corrected chi connectivity index (χ4v) is 3.11. The average molecular weight is 295 g/mol. The third-order valence-electron chi connectivity index (χ3n) is 3.98. The molecule has 0 aromatic carbocycles. The molecule has 2 heterocycles. The van der Waals surface area contributed by atoms with Crippen molar-refractivity contribution in [1.82, 2.24) is 14.7 Å². The van der Waals surface area contributed by atoms with Gasteiger partial charge in [0.1, 0.15) is 5.69 Å². The average Bonchev–Trinajstić information content (AvgIpc) is 2.90. The molecule has 1 atom stereocenters. The Morgan fingerprint density at radius 1 is 1.52 bits per heavy atom. The molecule has 0 unspecified atom stereocenters. The van der Waals surface area contributed by atoms with Crippen LogP contribution in [0.2, 0.25) is 0 Å². The molecule has 1 N–H and O–H groups in total. The molecule has 0 aliphatic carbocycles. The molecule has 1 fully saturated rings. The predicted molar refractivity (Wildman–Crippen MR) is 82.5 cm³/mol. The summed E-state index contributed by atoms with van der Waals surface area (Å²) in [6, 6.07) is 0.446. The Labute approximate surface area is 125 Å². The number of nitrogens with zero attached hydrogens (tertiary/aromatic N) is 4. The van der Waals surface area contributed by atoms with Crippen LogP contribution in [0.25, 0.3) is 0 Å². The first kappa shape index (κ1) is 15.8. The van der Waals surface area contributed by atoms with Gasteiger partial charge in [0.15, 0.2) is 0 Å². The molecule has 0 saturated carbocycles. The van der Waals surface area contributed by atoms with Gasteiger partial charge < -0.3 is 5.32 Å². The van der Waals surface area contributed by atoms with Crippen LogP contribution in [0.3, 0.4) is 0 Å². The third-order valence-corrected chi connectivity index (χ3v) is 3.98. The van der Waals surface area contributed by atoms with Gasteiger partial charge in [0.05, 0.1) is 4.92 Å². The molecule has 7 nitrogen and oxygen atoms in total. The minimum atomic E-state index is -0.356. The van der Waals surface area contributed by atoms with Crippen molar-refractivity contribution in [3.8, 4) is 0 Å². The van der Waals surface area contributed by atoms with Gasteiger partial charge >= 0.3 is 5.69 Å². The number of nitrogens with one attached hydrogen (secondary N) is 1. The lowest BCUT2D eigenvalue weighted by Gasteiger charge is -2.26. The minimum Gasteiger partial charge on any atom is -0.363 e. The quantitative estimate of drug-likeness (QED) is 0.643. The van der Waals surface area contributed by atoms with Gasteiger partial charge in [-0.05, 0) is 32.2 Å². The molecular formula is C14H25N5O2. The first-order valence-electron chi connectivity index (χ1n) is 7.56. The number of aromatic nitrogens is 2. The van der Waals surface area contributed by atoms with Crippen LogP contribution in [0.4, 0.5) is 11.5 Å². The number of rotatable bonds is 6. The summed E-state index contributed by atoms with van der Waals surface area (Å²) >= 11 is 0. The first-order valence-corrected chi connectivity index (χ1v) is 7.56. The van der Waals surface area contributed by atoms with Crippen LogP contribution in [0.5, 0.6) is 0 Å².